The number of aryl methyl sites for hydroxylation is 1. The molecule has 0 fully saturated rings. The highest BCUT2D eigenvalue weighted by Gasteiger charge is 2.35. The molecule has 2 aromatic rings. The highest BCUT2D eigenvalue weighted by Crippen LogP contribution is 2.29. The predicted octanol–water partition coefficient (Wildman–Crippen LogP) is 1.21. The van der Waals surface area contributed by atoms with Crippen molar-refractivity contribution in [2.45, 2.75) is 12.5 Å². The number of carbonyl (C=O) groups is 1. The molecule has 1 unspecified atom stereocenters. The molecule has 0 bridgehead atoms. The van der Waals surface area contributed by atoms with Crippen LogP contribution in [0.5, 0.6) is 0 Å². The number of thiazole rings is 1. The highest BCUT2D eigenvalue weighted by atomic mass is 32.1. The van der Waals surface area contributed by atoms with Crippen molar-refractivity contribution in [2.24, 2.45) is 7.05 Å². The molecule has 116 valence electrons. The topological polar surface area (TPSA) is 73.1 Å². The van der Waals surface area contributed by atoms with E-state index in [-0.39, 0.29) is 11.9 Å². The second-order valence-corrected chi connectivity index (χ2v) is 5.73. The number of hydrogen-bond donors (Lipinski definition) is 0. The molecule has 1 atom stereocenters. The standard InChI is InChI=1S/C14H17N5O2S/c1-3-6-21-7-12-13-11(18(2)17-16-13)4-5-19(12)14(20)10-8-22-9-15-10/h3,8-9,12H,1,4-7H2,2H3. The number of carbonyl (C=O) groups excluding carboxylic acids is 1. The largest absolute Gasteiger partial charge is 0.375 e. The molecule has 1 amide bonds. The van der Waals surface area contributed by atoms with Gasteiger partial charge in [-0.15, -0.1) is 23.0 Å². The Kier molecular flexibility index (Phi) is 4.30. The van der Waals surface area contributed by atoms with E-state index in [2.05, 4.69) is 21.9 Å². The van der Waals surface area contributed by atoms with Gasteiger partial charge in [-0.2, -0.15) is 0 Å². The summed E-state index contributed by atoms with van der Waals surface area (Å²) < 4.78 is 7.34. The molecular formula is C14H17N5O2S. The SMILES string of the molecule is C=CCOCC1c2nnn(C)c2CCN1C(=O)c1cscn1. The van der Waals surface area contributed by atoms with Crippen molar-refractivity contribution >= 4 is 17.2 Å². The van der Waals surface area contributed by atoms with Crippen LogP contribution in [0.15, 0.2) is 23.5 Å². The van der Waals surface area contributed by atoms with Gasteiger partial charge in [0.05, 0.1) is 24.4 Å². The highest BCUT2D eigenvalue weighted by molar-refractivity contribution is 7.07. The molecule has 8 heteroatoms. The van der Waals surface area contributed by atoms with Gasteiger partial charge < -0.3 is 9.64 Å². The van der Waals surface area contributed by atoms with E-state index in [9.17, 15) is 4.79 Å². The molecule has 0 saturated carbocycles. The Morgan fingerprint density at radius 2 is 2.50 bits per heavy atom. The smallest absolute Gasteiger partial charge is 0.273 e. The fraction of sp³-hybridized carbons (Fsp3) is 0.429. The number of hydrogen-bond acceptors (Lipinski definition) is 6. The van der Waals surface area contributed by atoms with Gasteiger partial charge in [0.25, 0.3) is 5.91 Å². The first kappa shape index (κ1) is 14.9. The minimum atomic E-state index is -0.244. The van der Waals surface area contributed by atoms with Crippen molar-refractivity contribution in [3.63, 3.8) is 0 Å². The third kappa shape index (κ3) is 2.67. The minimum absolute atomic E-state index is 0.0928. The van der Waals surface area contributed by atoms with Crippen LogP contribution in [0.3, 0.4) is 0 Å². The second kappa shape index (κ2) is 6.37. The van der Waals surface area contributed by atoms with E-state index in [0.717, 1.165) is 17.8 Å². The van der Waals surface area contributed by atoms with Gasteiger partial charge in [-0.3, -0.25) is 9.48 Å². The molecule has 0 aliphatic carbocycles. The molecule has 0 saturated heterocycles. The zero-order chi connectivity index (χ0) is 15.5. The van der Waals surface area contributed by atoms with E-state index in [1.54, 1.807) is 26.5 Å². The fourth-order valence-electron chi connectivity index (χ4n) is 2.61. The molecular weight excluding hydrogens is 302 g/mol. The number of amides is 1. The molecule has 0 N–H and O–H groups in total. The number of nitrogens with zero attached hydrogens (tertiary/aromatic N) is 5. The Balaban J connectivity index is 1.88. The van der Waals surface area contributed by atoms with Crippen molar-refractivity contribution in [3.05, 3.63) is 40.6 Å². The lowest BCUT2D eigenvalue weighted by molar-refractivity contribution is 0.0433. The van der Waals surface area contributed by atoms with Gasteiger partial charge >= 0.3 is 0 Å². The molecule has 3 rings (SSSR count). The lowest BCUT2D eigenvalue weighted by atomic mass is 10.0. The van der Waals surface area contributed by atoms with Crippen LogP contribution in [-0.4, -0.2) is 50.5 Å². The van der Waals surface area contributed by atoms with Crippen LogP contribution in [0.25, 0.3) is 0 Å². The van der Waals surface area contributed by atoms with Gasteiger partial charge in [0.1, 0.15) is 17.4 Å². The van der Waals surface area contributed by atoms with Gasteiger partial charge in [-0.05, 0) is 0 Å². The normalized spacial score (nSPS) is 17.3. The molecule has 0 spiro atoms. The van der Waals surface area contributed by atoms with E-state index < -0.39 is 0 Å². The van der Waals surface area contributed by atoms with Crippen LogP contribution in [0.2, 0.25) is 0 Å². The molecule has 1 aliphatic heterocycles. The minimum Gasteiger partial charge on any atom is -0.375 e. The maximum absolute atomic E-state index is 12.7. The maximum Gasteiger partial charge on any atom is 0.273 e. The summed E-state index contributed by atoms with van der Waals surface area (Å²) in [5, 5.41) is 10.1. The zero-order valence-corrected chi connectivity index (χ0v) is 13.1. The monoisotopic (exact) mass is 319 g/mol. The first-order valence-electron chi connectivity index (χ1n) is 6.98. The Morgan fingerprint density at radius 3 is 3.23 bits per heavy atom. The summed E-state index contributed by atoms with van der Waals surface area (Å²) in [6.07, 6.45) is 2.42. The van der Waals surface area contributed by atoms with E-state index in [1.165, 1.54) is 11.3 Å². The van der Waals surface area contributed by atoms with E-state index in [1.807, 2.05) is 7.05 Å². The number of aromatic nitrogens is 4. The molecule has 2 aromatic heterocycles. The summed E-state index contributed by atoms with van der Waals surface area (Å²) in [7, 11) is 1.87. The van der Waals surface area contributed by atoms with Crippen molar-refractivity contribution in [3.8, 4) is 0 Å². The van der Waals surface area contributed by atoms with Crippen molar-refractivity contribution in [1.29, 1.82) is 0 Å². The Bertz CT molecular complexity index is 667. The van der Waals surface area contributed by atoms with Crippen molar-refractivity contribution in [1.82, 2.24) is 24.9 Å². The average Bonchev–Trinajstić information content (AvgIpc) is 3.17. The number of rotatable bonds is 5. The van der Waals surface area contributed by atoms with E-state index >= 15 is 0 Å². The predicted molar refractivity (Wildman–Crippen MR) is 81.6 cm³/mol. The van der Waals surface area contributed by atoms with E-state index in [0.29, 0.717) is 25.5 Å². The molecule has 0 aromatic carbocycles. The summed E-state index contributed by atoms with van der Waals surface area (Å²) in [4.78, 5) is 18.5. The van der Waals surface area contributed by atoms with Crippen LogP contribution in [0.4, 0.5) is 0 Å². The van der Waals surface area contributed by atoms with Crippen LogP contribution < -0.4 is 0 Å². The fourth-order valence-corrected chi connectivity index (χ4v) is 3.14. The van der Waals surface area contributed by atoms with Crippen LogP contribution in [0.1, 0.15) is 27.9 Å². The van der Waals surface area contributed by atoms with Gasteiger partial charge in [-0.25, -0.2) is 4.98 Å². The van der Waals surface area contributed by atoms with Crippen molar-refractivity contribution < 1.29 is 9.53 Å². The Labute approximate surface area is 132 Å². The van der Waals surface area contributed by atoms with E-state index in [4.69, 9.17) is 4.74 Å². The van der Waals surface area contributed by atoms with Gasteiger partial charge in [0.2, 0.25) is 0 Å². The zero-order valence-electron chi connectivity index (χ0n) is 12.3. The summed E-state index contributed by atoms with van der Waals surface area (Å²) in [6, 6.07) is -0.244. The quantitative estimate of drug-likeness (QED) is 0.612. The molecule has 22 heavy (non-hydrogen) atoms. The van der Waals surface area contributed by atoms with Crippen LogP contribution in [-0.2, 0) is 18.2 Å². The Hall–Kier alpha value is -2.06. The van der Waals surface area contributed by atoms with Crippen LogP contribution in [0, 0.1) is 0 Å². The average molecular weight is 319 g/mol. The summed E-state index contributed by atoms with van der Waals surface area (Å²) in [6.45, 7) is 5.05. The van der Waals surface area contributed by atoms with Crippen molar-refractivity contribution in [2.75, 3.05) is 19.8 Å². The first-order chi connectivity index (χ1) is 10.7. The summed E-state index contributed by atoms with van der Waals surface area (Å²) >= 11 is 1.41. The van der Waals surface area contributed by atoms with Gasteiger partial charge in [-0.1, -0.05) is 11.3 Å². The molecule has 1 aliphatic rings. The Morgan fingerprint density at radius 1 is 1.64 bits per heavy atom. The third-order valence-electron chi connectivity index (χ3n) is 3.68. The molecule has 7 nitrogen and oxygen atoms in total. The lowest BCUT2D eigenvalue weighted by Gasteiger charge is -2.34. The number of ether oxygens (including phenoxy) is 1. The summed E-state index contributed by atoms with van der Waals surface area (Å²) in [5.74, 6) is -0.0928. The number of fused-ring (bicyclic) bond motifs is 1. The van der Waals surface area contributed by atoms with Gasteiger partial charge in [0, 0.05) is 25.4 Å². The third-order valence-corrected chi connectivity index (χ3v) is 4.26. The van der Waals surface area contributed by atoms with Gasteiger partial charge in [0.15, 0.2) is 0 Å². The molecule has 3 heterocycles. The molecule has 0 radical (unpaired) electrons. The van der Waals surface area contributed by atoms with Crippen LogP contribution >= 0.6 is 11.3 Å². The second-order valence-electron chi connectivity index (χ2n) is 5.01. The first-order valence-corrected chi connectivity index (χ1v) is 7.93. The maximum atomic E-state index is 12.7. The summed E-state index contributed by atoms with van der Waals surface area (Å²) in [5.41, 5.74) is 3.98. The lowest BCUT2D eigenvalue weighted by Crippen LogP contribution is -2.42.